The molecule has 0 unspecified atom stereocenters. The average Bonchev–Trinajstić information content (AvgIpc) is 3.35. The molecule has 1 aliphatic rings. The van der Waals surface area contributed by atoms with Gasteiger partial charge in [-0.05, 0) is 30.7 Å². The third-order valence-corrected chi connectivity index (χ3v) is 5.51. The third kappa shape index (κ3) is 5.15. The van der Waals surface area contributed by atoms with Crippen molar-refractivity contribution in [2.45, 2.75) is 6.92 Å². The molecule has 0 saturated carbocycles. The molecular weight excluding hydrogens is 444 g/mol. The van der Waals surface area contributed by atoms with E-state index in [0.29, 0.717) is 11.5 Å². The van der Waals surface area contributed by atoms with Gasteiger partial charge in [0.05, 0.1) is 22.6 Å². The molecule has 0 fully saturated rings. The van der Waals surface area contributed by atoms with Gasteiger partial charge in [-0.15, -0.1) is 11.3 Å². The topological polar surface area (TPSA) is 152 Å². The number of thiophene rings is 1. The highest BCUT2D eigenvalue weighted by atomic mass is 32.1. The van der Waals surface area contributed by atoms with Gasteiger partial charge in [0.2, 0.25) is 6.79 Å². The van der Waals surface area contributed by atoms with Gasteiger partial charge in [-0.2, -0.15) is 0 Å². The minimum Gasteiger partial charge on any atom is -0.460 e. The maximum Gasteiger partial charge on any atom is 0.341 e. The number of rotatable bonds is 9. The molecule has 0 radical (unpaired) electrons. The van der Waals surface area contributed by atoms with Crippen LogP contribution in [0.3, 0.4) is 0 Å². The number of ether oxygens (including phenoxy) is 5. The Kier molecular flexibility index (Phi) is 7.28. The fraction of sp³-hybridized carbons (Fsp3) is 0.300. The maximum atomic E-state index is 12.4. The number of benzene rings is 1. The van der Waals surface area contributed by atoms with Crippen LogP contribution in [0.1, 0.15) is 36.0 Å². The normalized spacial score (nSPS) is 11.7. The molecule has 11 nitrogen and oxygen atoms in total. The summed E-state index contributed by atoms with van der Waals surface area (Å²) in [6, 6.07) is 4.47. The quantitative estimate of drug-likeness (QED) is 0.415. The van der Waals surface area contributed by atoms with Crippen LogP contribution in [0.15, 0.2) is 18.2 Å². The minimum absolute atomic E-state index is 0.00431. The van der Waals surface area contributed by atoms with Crippen molar-refractivity contribution in [3.05, 3.63) is 39.8 Å². The number of methoxy groups -OCH3 is 1. The average molecular weight is 464 g/mol. The van der Waals surface area contributed by atoms with Crippen molar-refractivity contribution in [1.82, 2.24) is 0 Å². The van der Waals surface area contributed by atoms with E-state index in [4.69, 9.17) is 29.4 Å². The highest BCUT2D eigenvalue weighted by Gasteiger charge is 2.26. The predicted molar refractivity (Wildman–Crippen MR) is 111 cm³/mol. The van der Waals surface area contributed by atoms with Crippen LogP contribution in [-0.2, 0) is 19.0 Å². The van der Waals surface area contributed by atoms with E-state index >= 15 is 0 Å². The lowest BCUT2D eigenvalue weighted by atomic mass is 10.1. The standard InChI is InChI=1S/C20H20N2O9S/c1-10-15(20(26)28-6-5-27-2)18(32-16(10)17(21)24)22-14(23)8-29-19(25)11-3-4-12-13(7-11)31-9-30-12/h3-4,7H,5-6,8-9H2,1-2H3,(H2,21,24)(H,22,23). The van der Waals surface area contributed by atoms with E-state index in [1.807, 2.05) is 0 Å². The number of esters is 2. The largest absolute Gasteiger partial charge is 0.460 e. The molecule has 2 heterocycles. The molecule has 1 aliphatic heterocycles. The Hall–Kier alpha value is -3.64. The monoisotopic (exact) mass is 464 g/mol. The zero-order chi connectivity index (χ0) is 23.3. The van der Waals surface area contributed by atoms with Crippen LogP contribution in [0.5, 0.6) is 11.5 Å². The molecule has 1 aromatic carbocycles. The van der Waals surface area contributed by atoms with Crippen LogP contribution in [0.25, 0.3) is 0 Å². The van der Waals surface area contributed by atoms with Gasteiger partial charge in [-0.25, -0.2) is 9.59 Å². The van der Waals surface area contributed by atoms with Crippen LogP contribution in [-0.4, -0.2) is 57.5 Å². The van der Waals surface area contributed by atoms with E-state index in [-0.39, 0.29) is 46.6 Å². The van der Waals surface area contributed by atoms with Crippen LogP contribution >= 0.6 is 11.3 Å². The molecule has 32 heavy (non-hydrogen) atoms. The van der Waals surface area contributed by atoms with E-state index in [2.05, 4.69) is 5.32 Å². The number of nitrogens with one attached hydrogen (secondary N) is 1. The lowest BCUT2D eigenvalue weighted by molar-refractivity contribution is -0.119. The maximum absolute atomic E-state index is 12.4. The van der Waals surface area contributed by atoms with Crippen LogP contribution in [0.4, 0.5) is 5.00 Å². The Balaban J connectivity index is 1.67. The SMILES string of the molecule is COCCOC(=O)c1c(NC(=O)COC(=O)c2ccc3c(c2)OCO3)sc(C(N)=O)c1C. The summed E-state index contributed by atoms with van der Waals surface area (Å²) in [6.45, 7) is 1.10. The summed E-state index contributed by atoms with van der Waals surface area (Å²) < 4.78 is 25.3. The van der Waals surface area contributed by atoms with Gasteiger partial charge >= 0.3 is 11.9 Å². The van der Waals surface area contributed by atoms with Gasteiger partial charge in [0, 0.05) is 7.11 Å². The molecule has 2 amide bonds. The van der Waals surface area contributed by atoms with Gasteiger partial charge in [0.15, 0.2) is 18.1 Å². The minimum atomic E-state index is -0.756. The van der Waals surface area contributed by atoms with Crippen molar-refractivity contribution in [2.75, 3.05) is 39.0 Å². The smallest absolute Gasteiger partial charge is 0.341 e. The third-order valence-electron chi connectivity index (χ3n) is 4.29. The van der Waals surface area contributed by atoms with Crippen molar-refractivity contribution in [1.29, 1.82) is 0 Å². The summed E-state index contributed by atoms with van der Waals surface area (Å²) in [4.78, 5) is 48.8. The number of amides is 2. The zero-order valence-corrected chi connectivity index (χ0v) is 18.0. The van der Waals surface area contributed by atoms with Gasteiger partial charge in [-0.1, -0.05) is 0 Å². The van der Waals surface area contributed by atoms with Gasteiger partial charge < -0.3 is 34.7 Å². The Labute approximate surface area is 186 Å². The Bertz CT molecular complexity index is 1060. The van der Waals surface area contributed by atoms with Crippen molar-refractivity contribution in [3.8, 4) is 11.5 Å². The number of carbonyl (C=O) groups is 4. The molecule has 12 heteroatoms. The van der Waals surface area contributed by atoms with Crippen molar-refractivity contribution < 1.29 is 42.9 Å². The van der Waals surface area contributed by atoms with E-state index in [9.17, 15) is 19.2 Å². The first-order valence-electron chi connectivity index (χ1n) is 9.27. The molecule has 2 aromatic rings. The van der Waals surface area contributed by atoms with E-state index in [0.717, 1.165) is 11.3 Å². The summed E-state index contributed by atoms with van der Waals surface area (Å²) >= 11 is 0.825. The lowest BCUT2D eigenvalue weighted by Gasteiger charge is -2.09. The van der Waals surface area contributed by atoms with Gasteiger partial charge in [0.1, 0.15) is 11.6 Å². The Morgan fingerprint density at radius 3 is 2.56 bits per heavy atom. The number of nitrogens with two attached hydrogens (primary N) is 1. The first-order valence-corrected chi connectivity index (χ1v) is 10.1. The molecule has 0 atom stereocenters. The number of primary amides is 1. The molecule has 170 valence electrons. The molecule has 0 bridgehead atoms. The second-order valence-electron chi connectivity index (χ2n) is 6.45. The van der Waals surface area contributed by atoms with Gasteiger partial charge in [0.25, 0.3) is 11.8 Å². The first kappa shape index (κ1) is 23.0. The van der Waals surface area contributed by atoms with E-state index in [1.165, 1.54) is 26.2 Å². The Morgan fingerprint density at radius 1 is 1.09 bits per heavy atom. The molecule has 0 aliphatic carbocycles. The van der Waals surface area contributed by atoms with Crippen molar-refractivity contribution in [2.24, 2.45) is 5.73 Å². The summed E-state index contributed by atoms with van der Waals surface area (Å²) in [5, 5.41) is 2.52. The van der Waals surface area contributed by atoms with E-state index < -0.39 is 30.4 Å². The highest BCUT2D eigenvalue weighted by molar-refractivity contribution is 7.18. The number of hydrogen-bond donors (Lipinski definition) is 2. The second-order valence-corrected chi connectivity index (χ2v) is 7.47. The summed E-state index contributed by atoms with van der Waals surface area (Å²) in [5.74, 6) is -2.08. The Morgan fingerprint density at radius 2 is 1.84 bits per heavy atom. The summed E-state index contributed by atoms with van der Waals surface area (Å²) in [5.41, 5.74) is 5.79. The second kappa shape index (κ2) is 10.1. The fourth-order valence-electron chi connectivity index (χ4n) is 2.77. The molecular formula is C20H20N2O9S. The predicted octanol–water partition coefficient (Wildman–Crippen LogP) is 1.48. The number of hydrogen-bond acceptors (Lipinski definition) is 10. The van der Waals surface area contributed by atoms with Gasteiger partial charge in [-0.3, -0.25) is 9.59 Å². The number of carbonyl (C=O) groups excluding carboxylic acids is 4. The zero-order valence-electron chi connectivity index (χ0n) is 17.2. The first-order chi connectivity index (χ1) is 15.3. The van der Waals surface area contributed by atoms with Crippen LogP contribution in [0, 0.1) is 6.92 Å². The van der Waals surface area contributed by atoms with E-state index in [1.54, 1.807) is 6.07 Å². The molecule has 3 rings (SSSR count). The van der Waals surface area contributed by atoms with Crippen molar-refractivity contribution in [3.63, 3.8) is 0 Å². The highest BCUT2D eigenvalue weighted by Crippen LogP contribution is 2.34. The molecule has 1 aromatic heterocycles. The van der Waals surface area contributed by atoms with Crippen molar-refractivity contribution >= 4 is 40.1 Å². The molecule has 0 spiro atoms. The van der Waals surface area contributed by atoms with Crippen LogP contribution < -0.4 is 20.5 Å². The number of fused-ring (bicyclic) bond motifs is 1. The summed E-state index contributed by atoms with van der Waals surface area (Å²) in [6.07, 6.45) is 0. The fourth-order valence-corrected chi connectivity index (χ4v) is 3.84. The lowest BCUT2D eigenvalue weighted by Crippen LogP contribution is -2.22. The number of anilines is 1. The molecule has 3 N–H and O–H groups in total. The van der Waals surface area contributed by atoms with Crippen LogP contribution in [0.2, 0.25) is 0 Å². The summed E-state index contributed by atoms with van der Waals surface area (Å²) in [7, 11) is 1.45. The molecule has 0 saturated heterocycles.